The van der Waals surface area contributed by atoms with Crippen molar-refractivity contribution < 1.29 is 14.6 Å². The molecule has 0 aliphatic carbocycles. The van der Waals surface area contributed by atoms with E-state index >= 15 is 0 Å². The van der Waals surface area contributed by atoms with Gasteiger partial charge in [-0.2, -0.15) is 0 Å². The fourth-order valence-corrected chi connectivity index (χ4v) is 1.95. The van der Waals surface area contributed by atoms with E-state index in [-0.39, 0.29) is 0 Å². The molecule has 20 heavy (non-hydrogen) atoms. The maximum atomic E-state index is 10.6. The first kappa shape index (κ1) is 13.9. The number of carboxylic acids is 1. The van der Waals surface area contributed by atoms with E-state index in [1.54, 1.807) is 19.4 Å². The van der Waals surface area contributed by atoms with Gasteiger partial charge < -0.3 is 14.4 Å². The molecular weight excluding hydrogens is 256 g/mol. The first-order valence-corrected chi connectivity index (χ1v) is 6.16. The quantitative estimate of drug-likeness (QED) is 0.848. The molecule has 1 aromatic carbocycles. The summed E-state index contributed by atoms with van der Waals surface area (Å²) in [4.78, 5) is 14.7. The van der Waals surface area contributed by atoms with Gasteiger partial charge in [-0.1, -0.05) is 6.07 Å². The summed E-state index contributed by atoms with van der Waals surface area (Å²) in [5, 5.41) is 8.66. The third-order valence-corrected chi connectivity index (χ3v) is 2.99. The number of rotatable bonds is 5. The summed E-state index contributed by atoms with van der Waals surface area (Å²) in [5.74, 6) is 0.719. The van der Waals surface area contributed by atoms with E-state index < -0.39 is 5.97 Å². The maximum Gasteiger partial charge on any atom is 0.328 e. The smallest absolute Gasteiger partial charge is 0.328 e. The summed E-state index contributed by atoms with van der Waals surface area (Å²) in [6.45, 7) is 2.56. The highest BCUT2D eigenvalue weighted by Crippen LogP contribution is 2.22. The number of methoxy groups -OCH3 is 1. The number of carboxylic acid groups (broad SMARTS) is 1. The van der Waals surface area contributed by atoms with E-state index in [9.17, 15) is 4.79 Å². The van der Waals surface area contributed by atoms with E-state index in [0.717, 1.165) is 28.8 Å². The molecule has 0 unspecified atom stereocenters. The van der Waals surface area contributed by atoms with Crippen LogP contribution in [0.1, 0.15) is 17.0 Å². The van der Waals surface area contributed by atoms with E-state index in [4.69, 9.17) is 9.84 Å². The zero-order valence-corrected chi connectivity index (χ0v) is 11.4. The van der Waals surface area contributed by atoms with Crippen molar-refractivity contribution in [2.75, 3.05) is 7.11 Å². The SMILES string of the molecule is COc1ccc(C=CC(=O)O)cc1Cn1ccnc1C. The van der Waals surface area contributed by atoms with Gasteiger partial charge in [-0.15, -0.1) is 0 Å². The topological polar surface area (TPSA) is 64.3 Å². The number of aryl methyl sites for hydroxylation is 1. The summed E-state index contributed by atoms with van der Waals surface area (Å²) < 4.78 is 7.34. The van der Waals surface area contributed by atoms with Gasteiger partial charge in [0.15, 0.2) is 0 Å². The average molecular weight is 272 g/mol. The zero-order valence-electron chi connectivity index (χ0n) is 11.4. The molecule has 104 valence electrons. The number of nitrogens with zero attached hydrogens (tertiary/aromatic N) is 2. The van der Waals surface area contributed by atoms with Crippen LogP contribution in [0.4, 0.5) is 0 Å². The molecule has 1 heterocycles. The highest BCUT2D eigenvalue weighted by atomic mass is 16.5. The predicted molar refractivity (Wildman–Crippen MR) is 75.7 cm³/mol. The van der Waals surface area contributed by atoms with Crippen molar-refractivity contribution in [1.82, 2.24) is 9.55 Å². The zero-order chi connectivity index (χ0) is 14.5. The molecule has 0 amide bonds. The van der Waals surface area contributed by atoms with Gasteiger partial charge in [-0.05, 0) is 30.7 Å². The van der Waals surface area contributed by atoms with Crippen molar-refractivity contribution >= 4 is 12.0 Å². The molecule has 0 saturated heterocycles. The number of hydrogen-bond donors (Lipinski definition) is 1. The minimum atomic E-state index is -0.965. The Labute approximate surface area is 117 Å². The van der Waals surface area contributed by atoms with Crippen LogP contribution in [-0.4, -0.2) is 27.7 Å². The molecule has 5 nitrogen and oxygen atoms in total. The van der Waals surface area contributed by atoms with Crippen molar-refractivity contribution in [1.29, 1.82) is 0 Å². The van der Waals surface area contributed by atoms with Crippen molar-refractivity contribution in [3.05, 3.63) is 53.6 Å². The van der Waals surface area contributed by atoms with Gasteiger partial charge in [0.05, 0.1) is 13.7 Å². The number of hydrogen-bond acceptors (Lipinski definition) is 3. The van der Waals surface area contributed by atoms with Crippen LogP contribution >= 0.6 is 0 Å². The Kier molecular flexibility index (Phi) is 4.20. The number of aromatic nitrogens is 2. The fourth-order valence-electron chi connectivity index (χ4n) is 1.95. The van der Waals surface area contributed by atoms with E-state index in [1.165, 1.54) is 0 Å². The Bertz CT molecular complexity index is 644. The number of benzene rings is 1. The lowest BCUT2D eigenvalue weighted by molar-refractivity contribution is -0.131. The third-order valence-electron chi connectivity index (χ3n) is 2.99. The molecule has 0 spiro atoms. The lowest BCUT2D eigenvalue weighted by atomic mass is 10.1. The first-order chi connectivity index (χ1) is 9.60. The van der Waals surface area contributed by atoms with E-state index in [2.05, 4.69) is 4.98 Å². The van der Waals surface area contributed by atoms with Crippen molar-refractivity contribution in [2.45, 2.75) is 13.5 Å². The first-order valence-electron chi connectivity index (χ1n) is 6.16. The molecule has 0 fully saturated rings. The van der Waals surface area contributed by atoms with Gasteiger partial charge in [0.25, 0.3) is 0 Å². The van der Waals surface area contributed by atoms with Crippen molar-refractivity contribution in [3.63, 3.8) is 0 Å². The summed E-state index contributed by atoms with van der Waals surface area (Å²) in [5.41, 5.74) is 1.79. The lowest BCUT2D eigenvalue weighted by Crippen LogP contribution is -2.03. The van der Waals surface area contributed by atoms with Crippen LogP contribution in [0.5, 0.6) is 5.75 Å². The molecule has 0 aliphatic heterocycles. The molecular formula is C15H16N2O3. The Morgan fingerprint density at radius 3 is 2.90 bits per heavy atom. The number of imidazole rings is 1. The number of ether oxygens (including phenoxy) is 1. The third kappa shape index (κ3) is 3.26. The molecule has 2 rings (SSSR count). The largest absolute Gasteiger partial charge is 0.496 e. The predicted octanol–water partition coefficient (Wildman–Crippen LogP) is 2.35. The fraction of sp³-hybridized carbons (Fsp3) is 0.200. The van der Waals surface area contributed by atoms with Gasteiger partial charge in [0.1, 0.15) is 11.6 Å². The van der Waals surface area contributed by atoms with Crippen LogP contribution in [-0.2, 0) is 11.3 Å². The molecule has 2 aromatic rings. The van der Waals surface area contributed by atoms with Crippen LogP contribution < -0.4 is 4.74 Å². The molecule has 1 aromatic heterocycles. The van der Waals surface area contributed by atoms with E-state index in [1.807, 2.05) is 35.9 Å². The Balaban J connectivity index is 2.32. The summed E-state index contributed by atoms with van der Waals surface area (Å²) >= 11 is 0. The molecule has 0 aliphatic rings. The van der Waals surface area contributed by atoms with Crippen LogP contribution in [0, 0.1) is 6.92 Å². The van der Waals surface area contributed by atoms with Crippen LogP contribution in [0.2, 0.25) is 0 Å². The molecule has 0 atom stereocenters. The van der Waals surface area contributed by atoms with Gasteiger partial charge in [-0.25, -0.2) is 9.78 Å². The van der Waals surface area contributed by atoms with Gasteiger partial charge in [-0.3, -0.25) is 0 Å². The maximum absolute atomic E-state index is 10.6. The second kappa shape index (κ2) is 6.06. The Morgan fingerprint density at radius 1 is 1.50 bits per heavy atom. The minimum Gasteiger partial charge on any atom is -0.496 e. The highest BCUT2D eigenvalue weighted by molar-refractivity contribution is 5.85. The molecule has 0 saturated carbocycles. The summed E-state index contributed by atoms with van der Waals surface area (Å²) in [7, 11) is 1.62. The Hall–Kier alpha value is -2.56. The lowest BCUT2D eigenvalue weighted by Gasteiger charge is -2.11. The monoisotopic (exact) mass is 272 g/mol. The molecule has 0 bridgehead atoms. The molecule has 0 radical (unpaired) electrons. The van der Waals surface area contributed by atoms with Crippen molar-refractivity contribution in [2.24, 2.45) is 0 Å². The van der Waals surface area contributed by atoms with Gasteiger partial charge in [0.2, 0.25) is 0 Å². The molecule has 1 N–H and O–H groups in total. The average Bonchev–Trinajstić information content (AvgIpc) is 2.82. The normalized spacial score (nSPS) is 10.9. The van der Waals surface area contributed by atoms with Gasteiger partial charge >= 0.3 is 5.97 Å². The number of carbonyl (C=O) groups is 1. The number of aliphatic carboxylic acids is 1. The summed E-state index contributed by atoms with van der Waals surface area (Å²) in [6.07, 6.45) is 6.32. The standard InChI is InChI=1S/C15H16N2O3/c1-11-16-7-8-17(11)10-13-9-12(4-6-15(18)19)3-5-14(13)20-2/h3-9H,10H2,1-2H3,(H,18,19). The minimum absolute atomic E-state index is 0.629. The highest BCUT2D eigenvalue weighted by Gasteiger charge is 2.06. The van der Waals surface area contributed by atoms with Crippen LogP contribution in [0.25, 0.3) is 6.08 Å². The van der Waals surface area contributed by atoms with Crippen molar-refractivity contribution in [3.8, 4) is 5.75 Å². The second-order valence-electron chi connectivity index (χ2n) is 4.35. The Morgan fingerprint density at radius 2 is 2.30 bits per heavy atom. The molecule has 5 heteroatoms. The van der Waals surface area contributed by atoms with Gasteiger partial charge in [0, 0.05) is 24.0 Å². The van der Waals surface area contributed by atoms with E-state index in [0.29, 0.717) is 6.54 Å². The second-order valence-corrected chi connectivity index (χ2v) is 4.35. The summed E-state index contributed by atoms with van der Waals surface area (Å²) in [6, 6.07) is 5.57. The van der Waals surface area contributed by atoms with Crippen LogP contribution in [0.15, 0.2) is 36.7 Å². The van der Waals surface area contributed by atoms with Crippen LogP contribution in [0.3, 0.4) is 0 Å².